The lowest BCUT2D eigenvalue weighted by Gasteiger charge is -2.38. The highest BCUT2D eigenvalue weighted by molar-refractivity contribution is 6.07. The Labute approximate surface area is 164 Å². The van der Waals surface area contributed by atoms with E-state index in [9.17, 15) is 9.59 Å². The summed E-state index contributed by atoms with van der Waals surface area (Å²) in [5, 5.41) is 2.85. The number of piperazine rings is 1. The first-order valence-corrected chi connectivity index (χ1v) is 9.62. The van der Waals surface area contributed by atoms with Crippen LogP contribution in [-0.2, 0) is 16.1 Å². The van der Waals surface area contributed by atoms with Crippen molar-refractivity contribution in [1.29, 1.82) is 0 Å². The Morgan fingerprint density at radius 3 is 2.50 bits per heavy atom. The zero-order chi connectivity index (χ0) is 19.6. The van der Waals surface area contributed by atoms with Crippen molar-refractivity contribution < 1.29 is 18.7 Å². The molecule has 28 heavy (non-hydrogen) atoms. The standard InChI is InChI=1S/C21H25N3O4/c1-27-18-7-3-2-6-17(18)23-10-12-24(13-11-23)20(26)21(8-9-21)19(25)22-15-16-5-4-14-28-16/h2-7,14H,8-13,15H2,1H3,(H,22,25). The molecular formula is C21H25N3O4. The molecule has 2 amide bonds. The zero-order valence-corrected chi connectivity index (χ0v) is 16.0. The predicted molar refractivity (Wildman–Crippen MR) is 104 cm³/mol. The zero-order valence-electron chi connectivity index (χ0n) is 16.0. The van der Waals surface area contributed by atoms with Gasteiger partial charge in [0.05, 0.1) is 25.6 Å². The summed E-state index contributed by atoms with van der Waals surface area (Å²) < 4.78 is 10.7. The second-order valence-electron chi connectivity index (χ2n) is 7.30. The fourth-order valence-corrected chi connectivity index (χ4v) is 3.76. The molecule has 7 heteroatoms. The van der Waals surface area contributed by atoms with E-state index >= 15 is 0 Å². The summed E-state index contributed by atoms with van der Waals surface area (Å²) in [6, 6.07) is 11.5. The molecule has 1 aliphatic carbocycles. The molecule has 1 N–H and O–H groups in total. The number of benzene rings is 1. The summed E-state index contributed by atoms with van der Waals surface area (Å²) in [7, 11) is 1.66. The number of furan rings is 1. The second kappa shape index (κ2) is 7.58. The van der Waals surface area contributed by atoms with E-state index in [1.54, 1.807) is 25.5 Å². The lowest BCUT2D eigenvalue weighted by Crippen LogP contribution is -2.53. The van der Waals surface area contributed by atoms with Crippen LogP contribution < -0.4 is 15.0 Å². The van der Waals surface area contributed by atoms with Crippen molar-refractivity contribution in [1.82, 2.24) is 10.2 Å². The number of carbonyl (C=O) groups is 2. The Morgan fingerprint density at radius 2 is 1.86 bits per heavy atom. The van der Waals surface area contributed by atoms with Crippen LogP contribution in [-0.4, -0.2) is 50.0 Å². The summed E-state index contributed by atoms with van der Waals surface area (Å²) in [5.74, 6) is 1.27. The number of hydrogen-bond donors (Lipinski definition) is 1. The average molecular weight is 383 g/mol. The van der Waals surface area contributed by atoms with E-state index in [0.29, 0.717) is 38.2 Å². The minimum absolute atomic E-state index is 0.0517. The van der Waals surface area contributed by atoms with Gasteiger partial charge in [-0.3, -0.25) is 9.59 Å². The Bertz CT molecular complexity index is 837. The molecule has 1 saturated carbocycles. The molecule has 1 saturated heterocycles. The van der Waals surface area contributed by atoms with Crippen molar-refractivity contribution in [3.05, 3.63) is 48.4 Å². The maximum absolute atomic E-state index is 13.0. The van der Waals surface area contributed by atoms with Crippen molar-refractivity contribution in [3.8, 4) is 5.75 Å². The SMILES string of the molecule is COc1ccccc1N1CCN(C(=O)C2(C(=O)NCc3ccco3)CC2)CC1. The molecule has 0 spiro atoms. The predicted octanol–water partition coefficient (Wildman–Crippen LogP) is 2.03. The van der Waals surface area contributed by atoms with Gasteiger partial charge in [0.25, 0.3) is 0 Å². The first kappa shape index (κ1) is 18.4. The summed E-state index contributed by atoms with van der Waals surface area (Å²) in [5.41, 5.74) is 0.147. The number of amides is 2. The third-order valence-electron chi connectivity index (χ3n) is 5.59. The molecule has 0 radical (unpaired) electrons. The number of para-hydroxylation sites is 2. The molecule has 2 aromatic rings. The van der Waals surface area contributed by atoms with Crippen molar-refractivity contribution in [2.75, 3.05) is 38.2 Å². The van der Waals surface area contributed by atoms with Crippen LogP contribution in [0.3, 0.4) is 0 Å². The van der Waals surface area contributed by atoms with Crippen LogP contribution in [0.25, 0.3) is 0 Å². The van der Waals surface area contributed by atoms with Gasteiger partial charge in [0.2, 0.25) is 11.8 Å². The van der Waals surface area contributed by atoms with Gasteiger partial charge in [0.1, 0.15) is 16.9 Å². The maximum atomic E-state index is 13.0. The molecule has 1 aliphatic heterocycles. The normalized spacial score (nSPS) is 17.9. The van der Waals surface area contributed by atoms with Gasteiger partial charge in [-0.2, -0.15) is 0 Å². The number of carbonyl (C=O) groups excluding carboxylic acids is 2. The van der Waals surface area contributed by atoms with Crippen LogP contribution in [0.1, 0.15) is 18.6 Å². The number of ether oxygens (including phenoxy) is 1. The van der Waals surface area contributed by atoms with E-state index in [0.717, 1.165) is 24.5 Å². The van der Waals surface area contributed by atoms with E-state index in [-0.39, 0.29) is 11.8 Å². The molecule has 0 atom stereocenters. The van der Waals surface area contributed by atoms with Crippen LogP contribution >= 0.6 is 0 Å². The molecule has 2 fully saturated rings. The third kappa shape index (κ3) is 3.44. The Morgan fingerprint density at radius 1 is 1.11 bits per heavy atom. The van der Waals surface area contributed by atoms with Gasteiger partial charge in [-0.15, -0.1) is 0 Å². The van der Waals surface area contributed by atoms with Crippen molar-refractivity contribution in [3.63, 3.8) is 0 Å². The summed E-state index contributed by atoms with van der Waals surface area (Å²) in [4.78, 5) is 29.7. The van der Waals surface area contributed by atoms with Crippen LogP contribution in [0.15, 0.2) is 47.1 Å². The molecule has 2 heterocycles. The van der Waals surface area contributed by atoms with E-state index < -0.39 is 5.41 Å². The molecule has 7 nitrogen and oxygen atoms in total. The molecule has 4 rings (SSSR count). The van der Waals surface area contributed by atoms with Crippen LogP contribution in [0.2, 0.25) is 0 Å². The number of hydrogen-bond acceptors (Lipinski definition) is 5. The van der Waals surface area contributed by atoms with Gasteiger partial charge in [-0.25, -0.2) is 0 Å². The fraction of sp³-hybridized carbons (Fsp3) is 0.429. The van der Waals surface area contributed by atoms with Crippen LogP contribution in [0, 0.1) is 5.41 Å². The van der Waals surface area contributed by atoms with E-state index in [2.05, 4.69) is 10.2 Å². The number of nitrogens with zero attached hydrogens (tertiary/aromatic N) is 2. The quantitative estimate of drug-likeness (QED) is 0.773. The third-order valence-corrected chi connectivity index (χ3v) is 5.59. The molecule has 148 valence electrons. The Hall–Kier alpha value is -2.96. The summed E-state index contributed by atoms with van der Waals surface area (Å²) in [6.45, 7) is 2.95. The second-order valence-corrected chi connectivity index (χ2v) is 7.30. The highest BCUT2D eigenvalue weighted by Crippen LogP contribution is 2.47. The van der Waals surface area contributed by atoms with E-state index in [1.165, 1.54) is 0 Å². The van der Waals surface area contributed by atoms with Gasteiger partial charge in [-0.1, -0.05) is 12.1 Å². The van der Waals surface area contributed by atoms with Crippen molar-refractivity contribution in [2.24, 2.45) is 5.41 Å². The lowest BCUT2D eigenvalue weighted by molar-refractivity contribution is -0.144. The minimum Gasteiger partial charge on any atom is -0.495 e. The Kier molecular flexibility index (Phi) is 4.98. The Balaban J connectivity index is 1.35. The van der Waals surface area contributed by atoms with Crippen LogP contribution in [0.4, 0.5) is 5.69 Å². The largest absolute Gasteiger partial charge is 0.495 e. The molecule has 1 aromatic carbocycles. The summed E-state index contributed by atoms with van der Waals surface area (Å²) in [6.07, 6.45) is 2.80. The smallest absolute Gasteiger partial charge is 0.238 e. The highest BCUT2D eigenvalue weighted by Gasteiger charge is 2.58. The number of methoxy groups -OCH3 is 1. The number of anilines is 1. The molecule has 0 unspecified atom stereocenters. The van der Waals surface area contributed by atoms with Gasteiger partial charge in [0.15, 0.2) is 0 Å². The van der Waals surface area contributed by atoms with Gasteiger partial charge >= 0.3 is 0 Å². The highest BCUT2D eigenvalue weighted by atomic mass is 16.5. The first-order valence-electron chi connectivity index (χ1n) is 9.62. The lowest BCUT2D eigenvalue weighted by atomic mass is 10.0. The average Bonchev–Trinajstić information content (AvgIpc) is 3.40. The van der Waals surface area contributed by atoms with Gasteiger partial charge in [-0.05, 0) is 37.1 Å². The van der Waals surface area contributed by atoms with Crippen molar-refractivity contribution in [2.45, 2.75) is 19.4 Å². The molecular weight excluding hydrogens is 358 g/mol. The van der Waals surface area contributed by atoms with Gasteiger partial charge < -0.3 is 24.3 Å². The van der Waals surface area contributed by atoms with Gasteiger partial charge in [0, 0.05) is 26.2 Å². The first-order chi connectivity index (χ1) is 13.6. The van der Waals surface area contributed by atoms with E-state index in [1.807, 2.05) is 29.2 Å². The van der Waals surface area contributed by atoms with Crippen LogP contribution in [0.5, 0.6) is 5.75 Å². The monoisotopic (exact) mass is 383 g/mol. The molecule has 2 aliphatic rings. The fourth-order valence-electron chi connectivity index (χ4n) is 3.76. The minimum atomic E-state index is -0.890. The van der Waals surface area contributed by atoms with Crippen molar-refractivity contribution >= 4 is 17.5 Å². The molecule has 1 aromatic heterocycles. The van der Waals surface area contributed by atoms with E-state index in [4.69, 9.17) is 9.15 Å². The molecule has 0 bridgehead atoms. The summed E-state index contributed by atoms with van der Waals surface area (Å²) >= 11 is 0. The number of rotatable bonds is 6. The maximum Gasteiger partial charge on any atom is 0.238 e. The number of nitrogens with one attached hydrogen (secondary N) is 1. The topological polar surface area (TPSA) is 75.0 Å².